The van der Waals surface area contributed by atoms with Crippen LogP contribution < -0.4 is 10.9 Å². The van der Waals surface area contributed by atoms with Gasteiger partial charge in [0, 0.05) is 31.3 Å². The Hall–Kier alpha value is -3.77. The number of imidazole rings is 1. The normalized spacial score (nSPS) is 13.1. The van der Waals surface area contributed by atoms with Crippen molar-refractivity contribution in [3.63, 3.8) is 0 Å². The molecule has 3 heterocycles. The van der Waals surface area contributed by atoms with Crippen LogP contribution in [0.1, 0.15) is 34.6 Å². The lowest BCUT2D eigenvalue weighted by molar-refractivity contribution is 0.660. The molecule has 1 aliphatic carbocycles. The van der Waals surface area contributed by atoms with Crippen LogP contribution in [0.2, 0.25) is 0 Å². The third-order valence-electron chi connectivity index (χ3n) is 6.72. The molecule has 2 aromatic carbocycles. The molecule has 3 aromatic heterocycles. The van der Waals surface area contributed by atoms with Crippen LogP contribution in [-0.4, -0.2) is 26.1 Å². The number of para-hydroxylation sites is 2. The monoisotopic (exact) mass is 449 g/mol. The molecule has 6 nitrogen and oxygen atoms in total. The molecule has 0 atom stereocenters. The van der Waals surface area contributed by atoms with Crippen LogP contribution in [0.25, 0.3) is 21.9 Å². The van der Waals surface area contributed by atoms with Crippen LogP contribution in [0.4, 0.5) is 0 Å². The van der Waals surface area contributed by atoms with Crippen molar-refractivity contribution in [1.29, 1.82) is 0 Å². The number of benzene rings is 2. The van der Waals surface area contributed by atoms with Crippen molar-refractivity contribution in [2.45, 2.75) is 38.8 Å². The topological polar surface area (TPSA) is 75.6 Å². The van der Waals surface area contributed by atoms with E-state index < -0.39 is 0 Å². The number of aryl methyl sites for hydroxylation is 2. The second-order valence-corrected chi connectivity index (χ2v) is 9.04. The molecule has 0 saturated carbocycles. The summed E-state index contributed by atoms with van der Waals surface area (Å²) in [6.45, 7) is 1.73. The molecular formula is C28H27N5O. The first-order chi connectivity index (χ1) is 16.7. The van der Waals surface area contributed by atoms with Gasteiger partial charge in [0.2, 0.25) is 0 Å². The Morgan fingerprint density at radius 1 is 1.00 bits per heavy atom. The van der Waals surface area contributed by atoms with E-state index in [1.54, 1.807) is 6.20 Å². The van der Waals surface area contributed by atoms with Crippen LogP contribution in [0.3, 0.4) is 0 Å². The largest absolute Gasteiger partial charge is 0.342 e. The van der Waals surface area contributed by atoms with Crippen molar-refractivity contribution < 1.29 is 0 Å². The lowest BCUT2D eigenvalue weighted by atomic mass is 10.0. The number of hydrogen-bond acceptors (Lipinski definition) is 4. The van der Waals surface area contributed by atoms with Crippen molar-refractivity contribution in [3.8, 4) is 0 Å². The van der Waals surface area contributed by atoms with Gasteiger partial charge in [-0.15, -0.1) is 0 Å². The van der Waals surface area contributed by atoms with Crippen LogP contribution in [0, 0.1) is 0 Å². The minimum absolute atomic E-state index is 0.0485. The number of H-pyrrole nitrogens is 1. The van der Waals surface area contributed by atoms with Gasteiger partial charge in [-0.3, -0.25) is 9.78 Å². The van der Waals surface area contributed by atoms with Gasteiger partial charge in [0.1, 0.15) is 5.82 Å². The van der Waals surface area contributed by atoms with Crippen LogP contribution >= 0.6 is 0 Å². The summed E-state index contributed by atoms with van der Waals surface area (Å²) in [4.78, 5) is 26.0. The smallest absolute Gasteiger partial charge is 0.255 e. The lowest BCUT2D eigenvalue weighted by Gasteiger charge is -2.15. The van der Waals surface area contributed by atoms with E-state index in [0.29, 0.717) is 13.1 Å². The number of aromatic amines is 1. The fourth-order valence-electron chi connectivity index (χ4n) is 5.00. The van der Waals surface area contributed by atoms with E-state index in [0.717, 1.165) is 64.8 Å². The summed E-state index contributed by atoms with van der Waals surface area (Å²) in [5.74, 6) is 0.954. The Morgan fingerprint density at radius 2 is 1.85 bits per heavy atom. The van der Waals surface area contributed by atoms with Crippen LogP contribution in [0.5, 0.6) is 0 Å². The Labute approximate surface area is 197 Å². The van der Waals surface area contributed by atoms with Crippen LogP contribution in [0.15, 0.2) is 71.7 Å². The Kier molecular flexibility index (Phi) is 5.43. The fraction of sp³-hybridized carbons (Fsp3) is 0.250. The third-order valence-corrected chi connectivity index (χ3v) is 6.72. The summed E-state index contributed by atoms with van der Waals surface area (Å²) in [5.41, 5.74) is 7.55. The second-order valence-electron chi connectivity index (χ2n) is 9.04. The molecule has 0 unspecified atom stereocenters. The minimum atomic E-state index is 0.0485. The standard InChI is InChI=1S/C28H27N5O/c34-28-22(17-29-13-11-27-31-24-9-1-2-10-25(24)32-27)15-21-14-19-6-5-7-20(19)16-26(21)33(28)18-23-8-3-4-12-30-23/h1-4,8-10,12,14-16,29H,5-7,11,13,17-18H2,(H,31,32). The van der Waals surface area contributed by atoms with E-state index in [-0.39, 0.29) is 5.56 Å². The first-order valence-electron chi connectivity index (χ1n) is 12.0. The number of aromatic nitrogens is 4. The van der Waals surface area contributed by atoms with E-state index >= 15 is 0 Å². The maximum absolute atomic E-state index is 13.5. The minimum Gasteiger partial charge on any atom is -0.342 e. The second kappa shape index (κ2) is 8.88. The molecule has 0 spiro atoms. The quantitative estimate of drug-likeness (QED) is 0.366. The zero-order chi connectivity index (χ0) is 22.9. The number of nitrogens with one attached hydrogen (secondary N) is 2. The van der Waals surface area contributed by atoms with E-state index in [1.165, 1.54) is 17.5 Å². The van der Waals surface area contributed by atoms with Gasteiger partial charge in [0.15, 0.2) is 0 Å². The molecule has 6 heteroatoms. The van der Waals surface area contributed by atoms with Crippen molar-refractivity contribution in [2.24, 2.45) is 0 Å². The van der Waals surface area contributed by atoms with Crippen molar-refractivity contribution >= 4 is 21.9 Å². The average Bonchev–Trinajstić information content (AvgIpc) is 3.49. The van der Waals surface area contributed by atoms with Gasteiger partial charge < -0.3 is 14.9 Å². The maximum atomic E-state index is 13.5. The molecule has 170 valence electrons. The Balaban J connectivity index is 1.27. The predicted molar refractivity (Wildman–Crippen MR) is 135 cm³/mol. The first-order valence-corrected chi connectivity index (χ1v) is 12.0. The highest BCUT2D eigenvalue weighted by atomic mass is 16.1. The van der Waals surface area contributed by atoms with E-state index in [4.69, 9.17) is 0 Å². The average molecular weight is 450 g/mol. The molecule has 0 bridgehead atoms. The van der Waals surface area contributed by atoms with Gasteiger partial charge >= 0.3 is 0 Å². The van der Waals surface area contributed by atoms with E-state index in [1.807, 2.05) is 47.0 Å². The van der Waals surface area contributed by atoms with Gasteiger partial charge in [-0.1, -0.05) is 18.2 Å². The molecule has 34 heavy (non-hydrogen) atoms. The molecule has 0 saturated heterocycles. The van der Waals surface area contributed by atoms with Gasteiger partial charge in [-0.05, 0) is 78.2 Å². The highest BCUT2D eigenvalue weighted by molar-refractivity contribution is 5.82. The molecule has 6 rings (SSSR count). The number of nitrogens with zero attached hydrogens (tertiary/aromatic N) is 3. The van der Waals surface area contributed by atoms with Gasteiger partial charge in [0.05, 0.1) is 28.8 Å². The summed E-state index contributed by atoms with van der Waals surface area (Å²) in [7, 11) is 0. The molecular weight excluding hydrogens is 422 g/mol. The highest BCUT2D eigenvalue weighted by Gasteiger charge is 2.16. The third kappa shape index (κ3) is 4.01. The maximum Gasteiger partial charge on any atom is 0.255 e. The van der Waals surface area contributed by atoms with Crippen LogP contribution in [-0.2, 0) is 32.4 Å². The molecule has 2 N–H and O–H groups in total. The molecule has 0 aliphatic heterocycles. The van der Waals surface area contributed by atoms with E-state index in [9.17, 15) is 4.79 Å². The zero-order valence-corrected chi connectivity index (χ0v) is 19.1. The summed E-state index contributed by atoms with van der Waals surface area (Å²) >= 11 is 0. The molecule has 5 aromatic rings. The van der Waals surface area contributed by atoms with Crippen molar-refractivity contribution in [2.75, 3.05) is 6.54 Å². The number of hydrogen-bond donors (Lipinski definition) is 2. The summed E-state index contributed by atoms with van der Waals surface area (Å²) in [6, 6.07) is 20.5. The molecule has 0 radical (unpaired) electrons. The Morgan fingerprint density at radius 3 is 2.71 bits per heavy atom. The number of pyridine rings is 2. The molecule has 0 fully saturated rings. The number of rotatable bonds is 7. The fourth-order valence-corrected chi connectivity index (χ4v) is 5.00. The highest BCUT2D eigenvalue weighted by Crippen LogP contribution is 2.27. The molecule has 1 aliphatic rings. The number of fused-ring (bicyclic) bond motifs is 3. The van der Waals surface area contributed by atoms with Gasteiger partial charge in [-0.2, -0.15) is 0 Å². The summed E-state index contributed by atoms with van der Waals surface area (Å²) in [5, 5.41) is 4.58. The lowest BCUT2D eigenvalue weighted by Crippen LogP contribution is -2.29. The first kappa shape index (κ1) is 20.8. The predicted octanol–water partition coefficient (Wildman–Crippen LogP) is 4.14. The van der Waals surface area contributed by atoms with Crippen molar-refractivity contribution in [1.82, 2.24) is 24.8 Å². The Bertz CT molecular complexity index is 1500. The molecule has 0 amide bonds. The zero-order valence-electron chi connectivity index (χ0n) is 19.1. The SMILES string of the molecule is O=c1c(CNCCc2nc3ccccc3[nH]2)cc2cc3c(cc2n1Cc1ccccn1)CCC3. The van der Waals surface area contributed by atoms with E-state index in [2.05, 4.69) is 38.5 Å². The van der Waals surface area contributed by atoms with Crippen molar-refractivity contribution in [3.05, 3.63) is 105 Å². The summed E-state index contributed by atoms with van der Waals surface area (Å²) < 4.78 is 1.90. The summed E-state index contributed by atoms with van der Waals surface area (Å²) in [6.07, 6.45) is 5.96. The van der Waals surface area contributed by atoms with Gasteiger partial charge in [0.25, 0.3) is 5.56 Å². The van der Waals surface area contributed by atoms with Gasteiger partial charge in [-0.25, -0.2) is 4.98 Å².